The molecule has 2 rings (SSSR count). The van der Waals surface area contributed by atoms with Gasteiger partial charge in [-0.3, -0.25) is 4.21 Å². The highest BCUT2D eigenvalue weighted by Crippen LogP contribution is 2.32. The van der Waals surface area contributed by atoms with Gasteiger partial charge in [0.1, 0.15) is 6.61 Å². The summed E-state index contributed by atoms with van der Waals surface area (Å²) in [6.07, 6.45) is 12.7. The maximum atomic E-state index is 12.2. The van der Waals surface area contributed by atoms with E-state index >= 15 is 0 Å². The van der Waals surface area contributed by atoms with E-state index in [0.29, 0.717) is 6.61 Å². The van der Waals surface area contributed by atoms with Crippen molar-refractivity contribution in [2.45, 2.75) is 69.5 Å². The maximum absolute atomic E-state index is 12.2. The summed E-state index contributed by atoms with van der Waals surface area (Å²) >= 11 is 0. The summed E-state index contributed by atoms with van der Waals surface area (Å²) < 4.78 is 18.0. The van der Waals surface area contributed by atoms with E-state index in [9.17, 15) is 4.21 Å². The molecule has 1 heterocycles. The Labute approximate surface area is 114 Å². The summed E-state index contributed by atoms with van der Waals surface area (Å²) in [5.41, 5.74) is 1.45. The van der Waals surface area contributed by atoms with Crippen molar-refractivity contribution in [2.75, 3.05) is 12.4 Å². The van der Waals surface area contributed by atoms with E-state index in [4.69, 9.17) is 4.74 Å². The van der Waals surface area contributed by atoms with E-state index in [1.54, 1.807) is 0 Å². The van der Waals surface area contributed by atoms with Crippen molar-refractivity contribution in [1.82, 2.24) is 0 Å². The Morgan fingerprint density at radius 3 is 2.67 bits per heavy atom. The summed E-state index contributed by atoms with van der Waals surface area (Å²) in [4.78, 5) is 0. The Kier molecular flexibility index (Phi) is 5.28. The van der Waals surface area contributed by atoms with Gasteiger partial charge in [-0.15, -0.1) is 0 Å². The first-order chi connectivity index (χ1) is 8.77. The van der Waals surface area contributed by atoms with Crippen LogP contribution in [0.15, 0.2) is 11.8 Å². The SMILES string of the molecule is CCC1(COC=C2CCCCC2)CCCCS1=O. The molecule has 3 heteroatoms. The molecule has 0 bridgehead atoms. The highest BCUT2D eigenvalue weighted by molar-refractivity contribution is 7.86. The van der Waals surface area contributed by atoms with E-state index in [1.165, 1.54) is 44.1 Å². The second-order valence-electron chi connectivity index (χ2n) is 5.69. The van der Waals surface area contributed by atoms with Gasteiger partial charge in [0.2, 0.25) is 0 Å². The third kappa shape index (κ3) is 3.37. The summed E-state index contributed by atoms with van der Waals surface area (Å²) in [6.45, 7) is 2.81. The Bertz CT molecular complexity index is 316. The van der Waals surface area contributed by atoms with E-state index in [-0.39, 0.29) is 4.75 Å². The molecule has 0 amide bonds. The molecule has 18 heavy (non-hydrogen) atoms. The Morgan fingerprint density at radius 1 is 1.22 bits per heavy atom. The number of rotatable bonds is 4. The highest BCUT2D eigenvalue weighted by Gasteiger charge is 2.37. The molecule has 2 aliphatic rings. The molecule has 0 aromatic heterocycles. The zero-order valence-electron chi connectivity index (χ0n) is 11.6. The lowest BCUT2D eigenvalue weighted by Crippen LogP contribution is -2.42. The van der Waals surface area contributed by atoms with Gasteiger partial charge in [0.15, 0.2) is 0 Å². The monoisotopic (exact) mass is 270 g/mol. The minimum atomic E-state index is -0.697. The average molecular weight is 270 g/mol. The molecule has 1 saturated carbocycles. The second-order valence-corrected chi connectivity index (χ2v) is 7.66. The van der Waals surface area contributed by atoms with Crippen LogP contribution in [0.4, 0.5) is 0 Å². The zero-order valence-corrected chi connectivity index (χ0v) is 12.4. The molecule has 1 saturated heterocycles. The smallest absolute Gasteiger partial charge is 0.104 e. The molecular weight excluding hydrogens is 244 g/mol. The normalized spacial score (nSPS) is 33.2. The van der Waals surface area contributed by atoms with Gasteiger partial charge in [0, 0.05) is 16.6 Å². The van der Waals surface area contributed by atoms with E-state index in [2.05, 4.69) is 6.92 Å². The van der Waals surface area contributed by atoms with Crippen molar-refractivity contribution in [3.63, 3.8) is 0 Å². The third-order valence-corrected chi connectivity index (χ3v) is 6.67. The van der Waals surface area contributed by atoms with Crippen LogP contribution in [0.25, 0.3) is 0 Å². The van der Waals surface area contributed by atoms with Gasteiger partial charge >= 0.3 is 0 Å². The van der Waals surface area contributed by atoms with Crippen LogP contribution in [-0.2, 0) is 15.5 Å². The molecule has 0 radical (unpaired) electrons. The van der Waals surface area contributed by atoms with Gasteiger partial charge < -0.3 is 4.74 Å². The number of hydrogen-bond donors (Lipinski definition) is 0. The molecule has 2 atom stereocenters. The Hall–Kier alpha value is -0.310. The average Bonchev–Trinajstić information content (AvgIpc) is 2.42. The van der Waals surface area contributed by atoms with Crippen LogP contribution in [0, 0.1) is 0 Å². The van der Waals surface area contributed by atoms with E-state index in [1.807, 2.05) is 6.26 Å². The van der Waals surface area contributed by atoms with Gasteiger partial charge in [-0.2, -0.15) is 0 Å². The van der Waals surface area contributed by atoms with Crippen molar-refractivity contribution < 1.29 is 8.95 Å². The molecule has 2 unspecified atom stereocenters. The molecule has 104 valence electrons. The fourth-order valence-electron chi connectivity index (χ4n) is 3.02. The second kappa shape index (κ2) is 6.74. The first kappa shape index (κ1) is 14.1. The van der Waals surface area contributed by atoms with E-state index < -0.39 is 10.8 Å². The molecule has 0 aromatic carbocycles. The molecule has 2 nitrogen and oxygen atoms in total. The molecule has 2 fully saturated rings. The molecule has 0 N–H and O–H groups in total. The van der Waals surface area contributed by atoms with Gasteiger partial charge in [0.25, 0.3) is 0 Å². The van der Waals surface area contributed by atoms with Crippen molar-refractivity contribution in [3.05, 3.63) is 11.8 Å². The Balaban J connectivity index is 1.88. The fraction of sp³-hybridized carbons (Fsp3) is 0.867. The van der Waals surface area contributed by atoms with Crippen LogP contribution in [0.2, 0.25) is 0 Å². The summed E-state index contributed by atoms with van der Waals surface area (Å²) in [5.74, 6) is 0.869. The summed E-state index contributed by atoms with van der Waals surface area (Å²) in [6, 6.07) is 0. The van der Waals surface area contributed by atoms with Crippen molar-refractivity contribution in [1.29, 1.82) is 0 Å². The fourth-order valence-corrected chi connectivity index (χ4v) is 4.82. The summed E-state index contributed by atoms with van der Waals surface area (Å²) in [7, 11) is -0.697. The summed E-state index contributed by atoms with van der Waals surface area (Å²) in [5, 5.41) is 0. The number of hydrogen-bond acceptors (Lipinski definition) is 2. The number of allylic oxidation sites excluding steroid dienone is 1. The molecular formula is C15H26O2S. The third-order valence-electron chi connectivity index (χ3n) is 4.43. The molecule has 0 aromatic rings. The topological polar surface area (TPSA) is 26.3 Å². The lowest BCUT2D eigenvalue weighted by atomic mass is 9.96. The molecule has 1 aliphatic heterocycles. The van der Waals surface area contributed by atoms with Crippen molar-refractivity contribution in [3.8, 4) is 0 Å². The first-order valence-corrected chi connectivity index (χ1v) is 8.77. The lowest BCUT2D eigenvalue weighted by Gasteiger charge is -2.34. The minimum Gasteiger partial charge on any atom is -0.500 e. The number of ether oxygens (including phenoxy) is 1. The van der Waals surface area contributed by atoms with Crippen LogP contribution in [0.1, 0.15) is 64.7 Å². The van der Waals surface area contributed by atoms with Crippen molar-refractivity contribution >= 4 is 10.8 Å². The van der Waals surface area contributed by atoms with E-state index in [0.717, 1.165) is 25.0 Å². The quantitative estimate of drug-likeness (QED) is 0.723. The van der Waals surface area contributed by atoms with Gasteiger partial charge in [-0.1, -0.05) is 19.8 Å². The predicted octanol–water partition coefficient (Wildman–Crippen LogP) is 3.93. The van der Waals surface area contributed by atoms with Gasteiger partial charge in [-0.25, -0.2) is 0 Å². The first-order valence-electron chi connectivity index (χ1n) is 7.45. The van der Waals surface area contributed by atoms with Crippen LogP contribution in [-0.4, -0.2) is 21.3 Å². The lowest BCUT2D eigenvalue weighted by molar-refractivity contribution is 0.192. The standard InChI is InChI=1S/C15H26O2S/c1-2-15(10-6-7-11-18(15)16)13-17-12-14-8-4-3-5-9-14/h12H,2-11,13H2,1H3. The molecule has 0 spiro atoms. The van der Waals surface area contributed by atoms with Gasteiger partial charge in [0.05, 0.1) is 11.0 Å². The maximum Gasteiger partial charge on any atom is 0.104 e. The van der Waals surface area contributed by atoms with Crippen molar-refractivity contribution in [2.24, 2.45) is 0 Å². The van der Waals surface area contributed by atoms with Crippen LogP contribution >= 0.6 is 0 Å². The highest BCUT2D eigenvalue weighted by atomic mass is 32.2. The van der Waals surface area contributed by atoms with Crippen LogP contribution in [0.3, 0.4) is 0 Å². The molecule has 1 aliphatic carbocycles. The zero-order chi connectivity index (χ0) is 12.8. The van der Waals surface area contributed by atoms with Gasteiger partial charge in [-0.05, 0) is 50.5 Å². The van der Waals surface area contributed by atoms with Crippen LogP contribution < -0.4 is 0 Å². The Morgan fingerprint density at radius 2 is 2.00 bits per heavy atom. The largest absolute Gasteiger partial charge is 0.500 e. The predicted molar refractivity (Wildman–Crippen MR) is 77.0 cm³/mol. The van der Waals surface area contributed by atoms with Crippen LogP contribution in [0.5, 0.6) is 0 Å². The minimum absolute atomic E-state index is 0.0655.